The monoisotopic (exact) mass is 542 g/mol. The highest BCUT2D eigenvalue weighted by Gasteiger charge is 2.41. The zero-order valence-electron chi connectivity index (χ0n) is 20.5. The van der Waals surface area contributed by atoms with E-state index in [-0.39, 0.29) is 22.3 Å². The number of hydrogen-bond donors (Lipinski definition) is 0. The molecule has 0 saturated carbocycles. The quantitative estimate of drug-likeness (QED) is 0.112. The van der Waals surface area contributed by atoms with Gasteiger partial charge in [0.1, 0.15) is 0 Å². The predicted octanol–water partition coefficient (Wildman–Crippen LogP) is 8.71. The molecule has 0 radical (unpaired) electrons. The smallest absolute Gasteiger partial charge is 0.226 e. The molecule has 0 saturated heterocycles. The number of benzene rings is 3. The van der Waals surface area contributed by atoms with Gasteiger partial charge in [0.15, 0.2) is 0 Å². The van der Waals surface area contributed by atoms with Crippen molar-refractivity contribution in [3.63, 3.8) is 0 Å². The SMILES string of the molecule is [C-]#[N+]/C(C#N)=C1/c2cc(C(F)(F)F)ccc2-c2c(C)c3c(c(C)c21)-c1ccc(C(F)(F)F)cc1/C3=C(/C#N)[N+]#[C-]. The van der Waals surface area contributed by atoms with Crippen molar-refractivity contribution in [3.8, 4) is 34.4 Å². The van der Waals surface area contributed by atoms with Gasteiger partial charge in [-0.25, -0.2) is 20.2 Å². The Bertz CT molecular complexity index is 1750. The minimum Gasteiger partial charge on any atom is -0.226 e. The number of allylic oxidation sites excluding steroid dienone is 2. The minimum absolute atomic E-state index is 0.00595. The van der Waals surface area contributed by atoms with Crippen LogP contribution in [0.3, 0.4) is 0 Å². The third kappa shape index (κ3) is 3.51. The largest absolute Gasteiger partial charge is 0.416 e. The molecule has 0 aromatic heterocycles. The standard InChI is InChI=1S/C30H12F6N4/c1-13-23-17-7-5-15(29(31,32)33)9-19(17)28(22(12-38)40-4)26(23)14(2)24-18-8-6-16(30(34,35)36)10-20(18)27(25(13)24)21(11-37)39-3/h5-10H,1-2H3/b27-21-,28-22+. The second-order valence-electron chi connectivity index (χ2n) is 9.16. The number of hydrogen-bond acceptors (Lipinski definition) is 2. The summed E-state index contributed by atoms with van der Waals surface area (Å²) in [6, 6.07) is 9.48. The van der Waals surface area contributed by atoms with Crippen LogP contribution in [0.25, 0.3) is 43.1 Å². The van der Waals surface area contributed by atoms with Crippen LogP contribution in [-0.2, 0) is 12.4 Å². The molecule has 2 aliphatic rings. The lowest BCUT2D eigenvalue weighted by Gasteiger charge is -2.18. The molecule has 0 fully saturated rings. The average molecular weight is 542 g/mol. The fourth-order valence-corrected chi connectivity index (χ4v) is 5.62. The first-order chi connectivity index (χ1) is 18.8. The maximum absolute atomic E-state index is 13.6. The lowest BCUT2D eigenvalue weighted by atomic mass is 9.85. The van der Waals surface area contributed by atoms with Gasteiger partial charge in [-0.3, -0.25) is 0 Å². The molecule has 0 atom stereocenters. The molecular weight excluding hydrogens is 530 g/mol. The van der Waals surface area contributed by atoms with Crippen LogP contribution in [0.2, 0.25) is 0 Å². The Labute approximate surface area is 224 Å². The third-order valence-corrected chi connectivity index (χ3v) is 7.18. The topological polar surface area (TPSA) is 56.3 Å². The molecule has 3 aromatic rings. The molecule has 5 rings (SSSR count). The van der Waals surface area contributed by atoms with E-state index in [1.165, 1.54) is 12.1 Å². The third-order valence-electron chi connectivity index (χ3n) is 7.18. The van der Waals surface area contributed by atoms with Crippen molar-refractivity contribution in [1.29, 1.82) is 10.5 Å². The van der Waals surface area contributed by atoms with E-state index in [0.29, 0.717) is 44.5 Å². The Hall–Kier alpha value is -5.32. The summed E-state index contributed by atoms with van der Waals surface area (Å²) >= 11 is 0. The van der Waals surface area contributed by atoms with Crippen molar-refractivity contribution in [2.24, 2.45) is 0 Å². The molecule has 0 amide bonds. The summed E-state index contributed by atoms with van der Waals surface area (Å²) in [5.41, 5.74) is -0.0356. The number of rotatable bonds is 0. The molecule has 2 aliphatic carbocycles. The first kappa shape index (κ1) is 26.3. The van der Waals surface area contributed by atoms with Gasteiger partial charge in [0.2, 0.25) is 0 Å². The van der Waals surface area contributed by atoms with Gasteiger partial charge in [-0.15, -0.1) is 0 Å². The fraction of sp³-hybridized carbons (Fsp3) is 0.133. The molecule has 0 aliphatic heterocycles. The Kier molecular flexibility index (Phi) is 5.65. The number of halogens is 6. The van der Waals surface area contributed by atoms with E-state index in [4.69, 9.17) is 13.1 Å². The number of alkyl halides is 6. The van der Waals surface area contributed by atoms with E-state index in [9.17, 15) is 36.9 Å². The zero-order chi connectivity index (χ0) is 29.3. The summed E-state index contributed by atoms with van der Waals surface area (Å²) < 4.78 is 81.8. The van der Waals surface area contributed by atoms with Gasteiger partial charge in [0, 0.05) is 11.1 Å². The number of nitriles is 2. The van der Waals surface area contributed by atoms with Crippen LogP contribution in [0.1, 0.15) is 44.5 Å². The highest BCUT2D eigenvalue weighted by Crippen LogP contribution is 2.58. The van der Waals surface area contributed by atoms with Gasteiger partial charge >= 0.3 is 12.4 Å². The van der Waals surface area contributed by atoms with Crippen molar-refractivity contribution >= 4 is 11.1 Å². The molecule has 40 heavy (non-hydrogen) atoms. The average Bonchev–Trinajstić information content (AvgIpc) is 3.42. The molecule has 0 bridgehead atoms. The zero-order valence-corrected chi connectivity index (χ0v) is 20.5. The molecule has 0 N–H and O–H groups in total. The first-order valence-electron chi connectivity index (χ1n) is 11.5. The molecular formula is C30H12F6N4. The minimum atomic E-state index is -4.70. The van der Waals surface area contributed by atoms with Crippen LogP contribution >= 0.6 is 0 Å². The second kappa shape index (κ2) is 8.60. The number of nitrogens with zero attached hydrogens (tertiary/aromatic N) is 4. The molecule has 194 valence electrons. The van der Waals surface area contributed by atoms with Crippen molar-refractivity contribution in [2.75, 3.05) is 0 Å². The Morgan fingerprint density at radius 1 is 0.625 bits per heavy atom. The van der Waals surface area contributed by atoms with Gasteiger partial charge in [-0.1, -0.05) is 12.1 Å². The highest BCUT2D eigenvalue weighted by atomic mass is 19.4. The van der Waals surface area contributed by atoms with Crippen LogP contribution in [-0.4, -0.2) is 0 Å². The van der Waals surface area contributed by atoms with E-state index in [1.807, 2.05) is 0 Å². The van der Waals surface area contributed by atoms with E-state index in [0.717, 1.165) is 24.3 Å². The normalized spacial score (nSPS) is 15.5. The maximum atomic E-state index is 13.6. The lowest BCUT2D eigenvalue weighted by Crippen LogP contribution is -2.05. The van der Waals surface area contributed by atoms with Crippen molar-refractivity contribution in [1.82, 2.24) is 0 Å². The summed E-state index contributed by atoms with van der Waals surface area (Å²) in [4.78, 5) is 6.53. The van der Waals surface area contributed by atoms with Crippen LogP contribution < -0.4 is 0 Å². The second-order valence-corrected chi connectivity index (χ2v) is 9.16. The fourth-order valence-electron chi connectivity index (χ4n) is 5.62. The van der Waals surface area contributed by atoms with Crippen molar-refractivity contribution < 1.29 is 26.3 Å². The summed E-state index contributed by atoms with van der Waals surface area (Å²) in [5, 5.41) is 19.5. The Balaban J connectivity index is 1.99. The molecule has 0 spiro atoms. The summed E-state index contributed by atoms with van der Waals surface area (Å²) in [7, 11) is 0. The van der Waals surface area contributed by atoms with Crippen LogP contribution in [0.5, 0.6) is 0 Å². The van der Waals surface area contributed by atoms with E-state index in [2.05, 4.69) is 9.69 Å². The van der Waals surface area contributed by atoms with Crippen LogP contribution in [0, 0.1) is 49.7 Å². The molecule has 0 unspecified atom stereocenters. The van der Waals surface area contributed by atoms with E-state index in [1.54, 1.807) is 26.0 Å². The summed E-state index contributed by atoms with van der Waals surface area (Å²) in [6.45, 7) is 18.3. The lowest BCUT2D eigenvalue weighted by molar-refractivity contribution is -0.138. The van der Waals surface area contributed by atoms with E-state index < -0.39 is 34.9 Å². The van der Waals surface area contributed by atoms with Crippen LogP contribution in [0.4, 0.5) is 26.3 Å². The predicted molar refractivity (Wildman–Crippen MR) is 133 cm³/mol. The molecule has 0 heterocycles. The molecule has 4 nitrogen and oxygen atoms in total. The molecule has 10 heteroatoms. The Morgan fingerprint density at radius 2 is 0.975 bits per heavy atom. The first-order valence-corrected chi connectivity index (χ1v) is 11.5. The van der Waals surface area contributed by atoms with Gasteiger partial charge < -0.3 is 0 Å². The summed E-state index contributed by atoms with van der Waals surface area (Å²) in [5.74, 6) is 0. The van der Waals surface area contributed by atoms with Gasteiger partial charge in [0.05, 0.1) is 36.4 Å². The van der Waals surface area contributed by atoms with E-state index >= 15 is 0 Å². The maximum Gasteiger partial charge on any atom is 0.416 e. The molecule has 3 aromatic carbocycles. The Morgan fingerprint density at radius 3 is 1.25 bits per heavy atom. The van der Waals surface area contributed by atoms with Gasteiger partial charge in [-0.05, 0) is 93.7 Å². The van der Waals surface area contributed by atoms with Crippen molar-refractivity contribution in [2.45, 2.75) is 26.2 Å². The summed E-state index contributed by atoms with van der Waals surface area (Å²) in [6.07, 6.45) is -9.40. The van der Waals surface area contributed by atoms with Gasteiger partial charge in [0.25, 0.3) is 11.4 Å². The number of fused-ring (bicyclic) bond motifs is 6. The van der Waals surface area contributed by atoms with Gasteiger partial charge in [-0.2, -0.15) is 26.3 Å². The van der Waals surface area contributed by atoms with Crippen LogP contribution in [0.15, 0.2) is 47.8 Å². The highest BCUT2D eigenvalue weighted by molar-refractivity contribution is 6.13. The van der Waals surface area contributed by atoms with Crippen molar-refractivity contribution in [3.05, 3.63) is 115 Å².